The van der Waals surface area contributed by atoms with E-state index < -0.39 is 5.97 Å². The van der Waals surface area contributed by atoms with Crippen molar-refractivity contribution in [1.82, 2.24) is 4.90 Å². The molecule has 0 saturated carbocycles. The van der Waals surface area contributed by atoms with Gasteiger partial charge in [-0.3, -0.25) is 19.3 Å². The first-order chi connectivity index (χ1) is 15.0. The average Bonchev–Trinajstić information content (AvgIpc) is 3.26. The number of esters is 1. The molecular weight excluding hydrogens is 416 g/mol. The molecule has 31 heavy (non-hydrogen) atoms. The molecule has 0 spiro atoms. The molecule has 7 nitrogen and oxygen atoms in total. The maximum Gasteiger partial charge on any atom is 0.341 e. The van der Waals surface area contributed by atoms with Gasteiger partial charge in [-0.05, 0) is 31.5 Å². The quantitative estimate of drug-likeness (QED) is 0.329. The number of amides is 3. The predicted octanol–water partition coefficient (Wildman–Crippen LogP) is 4.63. The molecule has 164 valence electrons. The molecule has 1 aromatic carbocycles. The Hall–Kier alpha value is -3.00. The second kappa shape index (κ2) is 10.3. The van der Waals surface area contributed by atoms with Gasteiger partial charge in [-0.2, -0.15) is 0 Å². The van der Waals surface area contributed by atoms with Crippen LogP contribution in [0.15, 0.2) is 30.3 Å². The number of nitrogens with one attached hydrogen (secondary N) is 1. The summed E-state index contributed by atoms with van der Waals surface area (Å²) in [5, 5.41) is 3.18. The molecule has 0 aliphatic carbocycles. The van der Waals surface area contributed by atoms with Crippen LogP contribution < -0.4 is 5.32 Å². The number of thiophene rings is 1. The topological polar surface area (TPSA) is 92.8 Å². The number of unbranched alkanes of at least 4 members (excludes halogenated alkanes) is 3. The number of hydrogen-bond donors (Lipinski definition) is 1. The number of imide groups is 1. The monoisotopic (exact) mass is 442 g/mol. The molecule has 2 aromatic rings. The molecule has 1 aliphatic heterocycles. The zero-order chi connectivity index (χ0) is 22.4. The van der Waals surface area contributed by atoms with Gasteiger partial charge >= 0.3 is 5.97 Å². The van der Waals surface area contributed by atoms with Gasteiger partial charge in [0.2, 0.25) is 5.91 Å². The Morgan fingerprint density at radius 1 is 1.03 bits per heavy atom. The summed E-state index contributed by atoms with van der Waals surface area (Å²) in [5.41, 5.74) is 0.978. The summed E-state index contributed by atoms with van der Waals surface area (Å²) in [6, 6.07) is 8.26. The van der Waals surface area contributed by atoms with Gasteiger partial charge in [0.1, 0.15) is 5.00 Å². The summed E-state index contributed by atoms with van der Waals surface area (Å²) in [6.45, 7) is 4.03. The van der Waals surface area contributed by atoms with Gasteiger partial charge in [-0.15, -0.1) is 11.3 Å². The van der Waals surface area contributed by atoms with Crippen molar-refractivity contribution in [3.05, 3.63) is 51.9 Å². The lowest BCUT2D eigenvalue weighted by Gasteiger charge is -2.12. The molecule has 8 heteroatoms. The van der Waals surface area contributed by atoms with Crippen LogP contribution in [0.4, 0.5) is 5.00 Å². The predicted molar refractivity (Wildman–Crippen MR) is 118 cm³/mol. The summed E-state index contributed by atoms with van der Waals surface area (Å²) >= 11 is 1.18. The second-order valence-electron chi connectivity index (χ2n) is 7.28. The number of ether oxygens (including phenoxy) is 1. The van der Waals surface area contributed by atoms with Crippen LogP contribution in [0.1, 0.15) is 81.9 Å². The third kappa shape index (κ3) is 5.19. The summed E-state index contributed by atoms with van der Waals surface area (Å²) in [6.07, 6.45) is 4.28. The highest BCUT2D eigenvalue weighted by Gasteiger charge is 2.35. The molecule has 0 radical (unpaired) electrons. The van der Waals surface area contributed by atoms with Gasteiger partial charge in [0.25, 0.3) is 11.8 Å². The Kier molecular flexibility index (Phi) is 7.57. The van der Waals surface area contributed by atoms with E-state index in [1.807, 2.05) is 0 Å². The van der Waals surface area contributed by atoms with E-state index in [0.29, 0.717) is 27.4 Å². The highest BCUT2D eigenvalue weighted by atomic mass is 32.1. The maximum atomic E-state index is 12.6. The van der Waals surface area contributed by atoms with E-state index >= 15 is 0 Å². The minimum atomic E-state index is -0.548. The average molecular weight is 443 g/mol. The minimum absolute atomic E-state index is 0.0236. The Morgan fingerprint density at radius 2 is 1.71 bits per heavy atom. The van der Waals surface area contributed by atoms with E-state index in [-0.39, 0.29) is 36.4 Å². The Bertz CT molecular complexity index is 963. The van der Waals surface area contributed by atoms with Crippen LogP contribution >= 0.6 is 11.3 Å². The van der Waals surface area contributed by atoms with Crippen molar-refractivity contribution in [2.24, 2.45) is 0 Å². The molecule has 0 atom stereocenters. The molecule has 3 amide bonds. The zero-order valence-corrected chi connectivity index (χ0v) is 18.5. The smallest absolute Gasteiger partial charge is 0.341 e. The molecule has 2 heterocycles. The van der Waals surface area contributed by atoms with Gasteiger partial charge in [0, 0.05) is 11.3 Å². The van der Waals surface area contributed by atoms with Crippen molar-refractivity contribution in [2.75, 3.05) is 11.9 Å². The third-order valence-corrected chi connectivity index (χ3v) is 6.02. The van der Waals surface area contributed by atoms with Gasteiger partial charge in [-0.25, -0.2) is 4.79 Å². The van der Waals surface area contributed by atoms with Crippen LogP contribution in [0, 0.1) is 0 Å². The largest absolute Gasteiger partial charge is 0.462 e. The zero-order valence-electron chi connectivity index (χ0n) is 17.7. The van der Waals surface area contributed by atoms with E-state index in [2.05, 4.69) is 12.2 Å². The number of nitrogens with zero attached hydrogens (tertiary/aromatic N) is 1. The van der Waals surface area contributed by atoms with Crippen LogP contribution in [-0.4, -0.2) is 35.2 Å². The Morgan fingerprint density at radius 3 is 2.32 bits per heavy atom. The highest BCUT2D eigenvalue weighted by molar-refractivity contribution is 7.16. The van der Waals surface area contributed by atoms with E-state index in [9.17, 15) is 19.2 Å². The SMILES string of the molecule is CCCCCCC(=O)Nc1sc(CN2C(=O)c3ccccc3C2=O)cc1C(=O)OCC. The first-order valence-electron chi connectivity index (χ1n) is 10.5. The van der Waals surface area contributed by atoms with Gasteiger partial charge in [0.05, 0.1) is 29.8 Å². The van der Waals surface area contributed by atoms with E-state index in [1.165, 1.54) is 11.3 Å². The number of benzene rings is 1. The van der Waals surface area contributed by atoms with E-state index in [0.717, 1.165) is 30.6 Å². The number of carbonyl (C=O) groups excluding carboxylic acids is 4. The number of carbonyl (C=O) groups is 4. The lowest BCUT2D eigenvalue weighted by Crippen LogP contribution is -2.28. The number of hydrogen-bond acceptors (Lipinski definition) is 6. The van der Waals surface area contributed by atoms with E-state index in [1.54, 1.807) is 37.3 Å². The van der Waals surface area contributed by atoms with Gasteiger partial charge in [-0.1, -0.05) is 38.3 Å². The summed E-state index contributed by atoms with van der Waals surface area (Å²) in [5.74, 6) is -1.45. The molecule has 0 fully saturated rings. The first-order valence-corrected chi connectivity index (χ1v) is 11.3. The Balaban J connectivity index is 1.76. The molecule has 1 aromatic heterocycles. The van der Waals surface area contributed by atoms with Crippen LogP contribution in [0.2, 0.25) is 0 Å². The maximum absolute atomic E-state index is 12.6. The fraction of sp³-hybridized carbons (Fsp3) is 0.391. The van der Waals surface area contributed by atoms with Crippen molar-refractivity contribution in [1.29, 1.82) is 0 Å². The highest BCUT2D eigenvalue weighted by Crippen LogP contribution is 2.32. The van der Waals surface area contributed by atoms with Crippen molar-refractivity contribution in [2.45, 2.75) is 52.5 Å². The second-order valence-corrected chi connectivity index (χ2v) is 8.41. The Labute approximate surface area is 185 Å². The fourth-order valence-corrected chi connectivity index (χ4v) is 4.46. The molecule has 3 rings (SSSR count). The summed E-state index contributed by atoms with van der Waals surface area (Å²) < 4.78 is 5.11. The van der Waals surface area contributed by atoms with E-state index in [4.69, 9.17) is 4.74 Å². The van der Waals surface area contributed by atoms with Crippen LogP contribution in [-0.2, 0) is 16.1 Å². The molecule has 1 aliphatic rings. The fourth-order valence-electron chi connectivity index (χ4n) is 3.41. The van der Waals surface area contributed by atoms with Crippen molar-refractivity contribution in [3.8, 4) is 0 Å². The number of fused-ring (bicyclic) bond motifs is 1. The molecule has 1 N–H and O–H groups in total. The lowest BCUT2D eigenvalue weighted by atomic mass is 10.1. The lowest BCUT2D eigenvalue weighted by molar-refractivity contribution is -0.116. The molecule has 0 saturated heterocycles. The van der Waals surface area contributed by atoms with Crippen LogP contribution in [0.25, 0.3) is 0 Å². The summed E-state index contributed by atoms with van der Waals surface area (Å²) in [7, 11) is 0. The van der Waals surface area contributed by atoms with Crippen molar-refractivity contribution < 1.29 is 23.9 Å². The van der Waals surface area contributed by atoms with Gasteiger partial charge < -0.3 is 10.1 Å². The minimum Gasteiger partial charge on any atom is -0.462 e. The number of anilines is 1. The molecule has 0 bridgehead atoms. The van der Waals surface area contributed by atoms with Gasteiger partial charge in [0.15, 0.2) is 0 Å². The summed E-state index contributed by atoms with van der Waals surface area (Å²) in [4.78, 5) is 51.8. The van der Waals surface area contributed by atoms with Crippen molar-refractivity contribution in [3.63, 3.8) is 0 Å². The van der Waals surface area contributed by atoms with Crippen LogP contribution in [0.5, 0.6) is 0 Å². The molecule has 0 unspecified atom stereocenters. The third-order valence-electron chi connectivity index (χ3n) is 4.98. The van der Waals surface area contributed by atoms with Crippen molar-refractivity contribution >= 4 is 40.0 Å². The first kappa shape index (κ1) is 22.7. The number of rotatable bonds is 10. The molecular formula is C23H26N2O5S. The van der Waals surface area contributed by atoms with Crippen LogP contribution in [0.3, 0.4) is 0 Å². The standard InChI is InChI=1S/C23H26N2O5S/c1-3-5-6-7-12-19(26)24-20-18(23(29)30-4-2)13-15(31-20)14-25-21(27)16-10-8-9-11-17(16)22(25)28/h8-11,13H,3-7,12,14H2,1-2H3,(H,24,26). The normalized spacial score (nSPS) is 12.8.